The quantitative estimate of drug-likeness (QED) is 0.178. The van der Waals surface area contributed by atoms with E-state index in [9.17, 15) is 5.26 Å². The molecule has 13 rings (SSSR count). The first-order valence-electron chi connectivity index (χ1n) is 21.4. The van der Waals surface area contributed by atoms with Gasteiger partial charge in [0.05, 0.1) is 44.7 Å². The van der Waals surface area contributed by atoms with Gasteiger partial charge in [0.1, 0.15) is 6.07 Å². The minimum absolute atomic E-state index is 0.0292. The number of allylic oxidation sites excluding steroid dienone is 2. The third-order valence-corrected chi connectivity index (χ3v) is 13.7. The van der Waals surface area contributed by atoms with Gasteiger partial charge in [-0.1, -0.05) is 121 Å². The number of aromatic nitrogens is 3. The Kier molecular flexibility index (Phi) is 7.13. The standard InChI is InChI=1S/C57H39N5/c1-36-32-49-52(44-25-13-15-27-47(44)59(49)38-18-6-3-7-19-38)56-51(36)45-34-41(33-37(35-58)54(45)62(56)40-22-10-5-11-23-40)60-48-30-29-43-42-24-12-14-26-46(42)61(39-20-8-4-9-21-39)55(43)53(48)57(2)31-17-16-28-50(57)60/h3-34,50H,1-2H3. The molecule has 0 N–H and O–H groups in total. The molecule has 1 aliphatic carbocycles. The van der Waals surface area contributed by atoms with Gasteiger partial charge in [0, 0.05) is 71.7 Å². The summed E-state index contributed by atoms with van der Waals surface area (Å²) in [6, 6.07) is 63.7. The second-order valence-electron chi connectivity index (χ2n) is 17.1. The van der Waals surface area contributed by atoms with E-state index in [4.69, 9.17) is 0 Å². The van der Waals surface area contributed by atoms with Crippen molar-refractivity contribution in [2.24, 2.45) is 0 Å². The highest BCUT2D eigenvalue weighted by atomic mass is 15.2. The Labute approximate surface area is 358 Å². The zero-order chi connectivity index (χ0) is 41.3. The van der Waals surface area contributed by atoms with Gasteiger partial charge in [-0.15, -0.1) is 0 Å². The van der Waals surface area contributed by atoms with Crippen LogP contribution in [0.1, 0.15) is 23.6 Å². The molecule has 11 aromatic rings. The highest BCUT2D eigenvalue weighted by Crippen LogP contribution is 2.56. The molecule has 1 aliphatic heterocycles. The van der Waals surface area contributed by atoms with Crippen molar-refractivity contribution in [3.8, 4) is 23.1 Å². The van der Waals surface area contributed by atoms with E-state index in [2.05, 4.69) is 233 Å². The molecule has 0 saturated heterocycles. The van der Waals surface area contributed by atoms with Crippen molar-refractivity contribution in [3.63, 3.8) is 0 Å². The van der Waals surface area contributed by atoms with Crippen LogP contribution in [0.3, 0.4) is 0 Å². The van der Waals surface area contributed by atoms with E-state index in [1.54, 1.807) is 0 Å². The molecule has 3 aromatic heterocycles. The summed E-state index contributed by atoms with van der Waals surface area (Å²) in [6.45, 7) is 4.62. The molecular weight excluding hydrogens is 755 g/mol. The summed E-state index contributed by atoms with van der Waals surface area (Å²) in [5, 5.41) is 18.4. The van der Waals surface area contributed by atoms with Crippen LogP contribution in [0, 0.1) is 18.3 Å². The summed E-state index contributed by atoms with van der Waals surface area (Å²) in [6.07, 6.45) is 9.12. The van der Waals surface area contributed by atoms with Crippen LogP contribution in [0.2, 0.25) is 0 Å². The van der Waals surface area contributed by atoms with Gasteiger partial charge in [0.25, 0.3) is 0 Å². The van der Waals surface area contributed by atoms with Crippen molar-refractivity contribution >= 4 is 76.8 Å². The number of nitriles is 1. The Balaban J connectivity index is 1.16. The molecule has 292 valence electrons. The molecule has 8 aromatic carbocycles. The first-order valence-corrected chi connectivity index (χ1v) is 21.4. The van der Waals surface area contributed by atoms with E-state index in [0.29, 0.717) is 5.56 Å². The van der Waals surface area contributed by atoms with Crippen molar-refractivity contribution in [1.29, 1.82) is 5.26 Å². The van der Waals surface area contributed by atoms with Crippen molar-refractivity contribution in [2.75, 3.05) is 4.90 Å². The van der Waals surface area contributed by atoms with Crippen molar-refractivity contribution in [1.82, 2.24) is 13.7 Å². The van der Waals surface area contributed by atoms with E-state index in [-0.39, 0.29) is 11.5 Å². The fourth-order valence-electron chi connectivity index (χ4n) is 11.3. The van der Waals surface area contributed by atoms with Gasteiger partial charge in [-0.2, -0.15) is 5.26 Å². The zero-order valence-corrected chi connectivity index (χ0v) is 34.3. The molecular formula is C57H39N5. The average molecular weight is 794 g/mol. The topological polar surface area (TPSA) is 41.8 Å². The van der Waals surface area contributed by atoms with Crippen LogP contribution in [0.15, 0.2) is 194 Å². The summed E-state index contributed by atoms with van der Waals surface area (Å²) in [7, 11) is 0. The fourth-order valence-corrected chi connectivity index (χ4v) is 11.3. The van der Waals surface area contributed by atoms with E-state index < -0.39 is 0 Å². The molecule has 2 unspecified atom stereocenters. The molecule has 5 heteroatoms. The van der Waals surface area contributed by atoms with Gasteiger partial charge in [0.15, 0.2) is 0 Å². The van der Waals surface area contributed by atoms with E-state index >= 15 is 0 Å². The lowest BCUT2D eigenvalue weighted by molar-refractivity contribution is 0.553. The number of hydrogen-bond acceptors (Lipinski definition) is 2. The first-order chi connectivity index (χ1) is 30.5. The molecule has 0 spiro atoms. The second kappa shape index (κ2) is 12.7. The maximum Gasteiger partial charge on any atom is 0.101 e. The Morgan fingerprint density at radius 1 is 0.500 bits per heavy atom. The van der Waals surface area contributed by atoms with Crippen LogP contribution in [0.5, 0.6) is 0 Å². The predicted octanol–water partition coefficient (Wildman–Crippen LogP) is 14.1. The number of hydrogen-bond donors (Lipinski definition) is 0. The summed E-state index contributed by atoms with van der Waals surface area (Å²) in [5.74, 6) is 0. The van der Waals surface area contributed by atoms with Crippen molar-refractivity contribution in [2.45, 2.75) is 25.3 Å². The highest BCUT2D eigenvalue weighted by molar-refractivity contribution is 6.28. The number of aryl methyl sites for hydroxylation is 1. The Hall–Kier alpha value is -8.07. The van der Waals surface area contributed by atoms with Crippen LogP contribution >= 0.6 is 0 Å². The van der Waals surface area contributed by atoms with Crippen LogP contribution < -0.4 is 4.90 Å². The van der Waals surface area contributed by atoms with Crippen LogP contribution in [-0.4, -0.2) is 19.7 Å². The van der Waals surface area contributed by atoms with E-state index in [1.807, 2.05) is 0 Å². The van der Waals surface area contributed by atoms with Crippen molar-refractivity contribution < 1.29 is 0 Å². The zero-order valence-electron chi connectivity index (χ0n) is 34.3. The maximum absolute atomic E-state index is 11.4. The summed E-state index contributed by atoms with van der Waals surface area (Å²) >= 11 is 0. The number of rotatable bonds is 4. The molecule has 0 radical (unpaired) electrons. The second-order valence-corrected chi connectivity index (χ2v) is 17.1. The highest BCUT2D eigenvalue weighted by Gasteiger charge is 2.48. The minimum atomic E-state index is -0.369. The van der Waals surface area contributed by atoms with Crippen LogP contribution in [0.4, 0.5) is 11.4 Å². The lowest BCUT2D eigenvalue weighted by Crippen LogP contribution is -2.39. The summed E-state index contributed by atoms with van der Waals surface area (Å²) in [5.41, 5.74) is 14.9. The Bertz CT molecular complexity index is 3780. The molecule has 0 amide bonds. The largest absolute Gasteiger partial charge is 0.333 e. The molecule has 2 atom stereocenters. The fraction of sp³-hybridized carbons (Fsp3) is 0.0702. The smallest absolute Gasteiger partial charge is 0.101 e. The predicted molar refractivity (Wildman–Crippen MR) is 257 cm³/mol. The van der Waals surface area contributed by atoms with Gasteiger partial charge in [-0.3, -0.25) is 0 Å². The molecule has 0 bridgehead atoms. The molecule has 2 aliphatic rings. The summed E-state index contributed by atoms with van der Waals surface area (Å²) in [4.78, 5) is 2.50. The SMILES string of the molecule is Cc1cc2c(c3ccccc3n2-c2ccccc2)c2c1c1cc(N3c4ccc5c6ccccc6n(-c6ccccc6)c5c4C4(C)C=CC=CC34)cc(C#N)c1n2-c1ccccc1. The Morgan fingerprint density at radius 3 is 1.81 bits per heavy atom. The number of para-hydroxylation sites is 5. The minimum Gasteiger partial charge on any atom is -0.333 e. The van der Waals surface area contributed by atoms with E-state index in [1.165, 1.54) is 38.1 Å². The van der Waals surface area contributed by atoms with Gasteiger partial charge in [-0.25, -0.2) is 0 Å². The molecule has 4 heterocycles. The number of fused-ring (bicyclic) bond motifs is 14. The third-order valence-electron chi connectivity index (χ3n) is 13.7. The number of anilines is 2. The molecule has 0 saturated carbocycles. The van der Waals surface area contributed by atoms with Gasteiger partial charge < -0.3 is 18.6 Å². The Morgan fingerprint density at radius 2 is 1.11 bits per heavy atom. The van der Waals surface area contributed by atoms with Crippen molar-refractivity contribution in [3.05, 3.63) is 211 Å². The lowest BCUT2D eigenvalue weighted by atomic mass is 9.75. The third kappa shape index (κ3) is 4.50. The lowest BCUT2D eigenvalue weighted by Gasteiger charge is -2.35. The van der Waals surface area contributed by atoms with Crippen LogP contribution in [0.25, 0.3) is 82.5 Å². The average Bonchev–Trinajstić information content (AvgIpc) is 4.03. The molecule has 62 heavy (non-hydrogen) atoms. The van der Waals surface area contributed by atoms with Crippen LogP contribution in [-0.2, 0) is 5.41 Å². The summed E-state index contributed by atoms with van der Waals surface area (Å²) < 4.78 is 7.21. The number of nitrogens with zero attached hydrogens (tertiary/aromatic N) is 5. The molecule has 5 nitrogen and oxygen atoms in total. The van der Waals surface area contributed by atoms with Gasteiger partial charge in [-0.05, 0) is 92.2 Å². The first kappa shape index (κ1) is 34.8. The monoisotopic (exact) mass is 793 g/mol. The normalized spacial score (nSPS) is 16.9. The van der Waals surface area contributed by atoms with Gasteiger partial charge in [0.2, 0.25) is 0 Å². The van der Waals surface area contributed by atoms with E-state index in [0.717, 1.165) is 66.8 Å². The molecule has 0 fully saturated rings. The van der Waals surface area contributed by atoms with Gasteiger partial charge >= 0.3 is 0 Å². The number of benzene rings is 8. The maximum atomic E-state index is 11.4.